The molecular weight excluding hydrogens is 332 g/mol. The number of aliphatic hydroxyl groups is 1. The summed E-state index contributed by atoms with van der Waals surface area (Å²) in [5, 5.41) is 9.88. The highest BCUT2D eigenvalue weighted by Crippen LogP contribution is 2.68. The summed E-state index contributed by atoms with van der Waals surface area (Å²) >= 11 is 0. The number of hydrogen-bond acceptors (Lipinski definition) is 2. The van der Waals surface area contributed by atoms with Gasteiger partial charge < -0.3 is 9.84 Å². The fraction of sp³-hybridized carbons (Fsp3) is 0.920. The van der Waals surface area contributed by atoms with Crippen LogP contribution in [-0.4, -0.2) is 24.9 Å². The van der Waals surface area contributed by atoms with Gasteiger partial charge in [0.05, 0.1) is 6.10 Å². The molecule has 0 aromatic rings. The molecule has 4 rings (SSSR count). The van der Waals surface area contributed by atoms with Crippen LogP contribution in [0.5, 0.6) is 0 Å². The zero-order valence-corrected chi connectivity index (χ0v) is 18.5. The number of rotatable bonds is 3. The lowest BCUT2D eigenvalue weighted by Crippen LogP contribution is -2.60. The third kappa shape index (κ3) is 2.72. The van der Waals surface area contributed by atoms with Crippen LogP contribution in [0.3, 0.4) is 0 Å². The van der Waals surface area contributed by atoms with Crippen molar-refractivity contribution in [3.05, 3.63) is 11.6 Å². The van der Waals surface area contributed by atoms with E-state index < -0.39 is 0 Å². The number of fused-ring (bicyclic) bond motifs is 5. The lowest BCUT2D eigenvalue weighted by Gasteiger charge is -2.64. The zero-order valence-electron chi connectivity index (χ0n) is 18.5. The lowest BCUT2D eigenvalue weighted by atomic mass is 9.41. The Morgan fingerprint density at radius 1 is 1.19 bits per heavy atom. The standard InChI is InChI=1S/C25H42O2/c1-15-9-10-24(4)18(11-15)12-16(2)23-20-8-7-19(17(3)14-26)25(20,5)22(27-6)13-21(23)24/h7,15-18,20-23,26H,8-14H2,1-6H3/t15-,16-,17-,18+,20+,21+,22-,23+,24+,25-/m1/s1. The van der Waals surface area contributed by atoms with Crippen molar-refractivity contribution in [2.75, 3.05) is 13.7 Å². The average Bonchev–Trinajstić information content (AvgIpc) is 2.99. The molecule has 0 radical (unpaired) electrons. The van der Waals surface area contributed by atoms with E-state index in [9.17, 15) is 5.11 Å². The molecule has 2 heteroatoms. The molecule has 154 valence electrons. The molecule has 1 N–H and O–H groups in total. The molecule has 0 aromatic heterocycles. The summed E-state index contributed by atoms with van der Waals surface area (Å²) in [6, 6.07) is 0. The molecule has 10 atom stereocenters. The Morgan fingerprint density at radius 2 is 1.93 bits per heavy atom. The van der Waals surface area contributed by atoms with E-state index in [0.29, 0.717) is 17.4 Å². The summed E-state index contributed by atoms with van der Waals surface area (Å²) in [7, 11) is 1.93. The lowest BCUT2D eigenvalue weighted by molar-refractivity contribution is -0.176. The molecule has 4 aliphatic rings. The van der Waals surface area contributed by atoms with Gasteiger partial charge in [0.25, 0.3) is 0 Å². The first-order valence-corrected chi connectivity index (χ1v) is 11.6. The van der Waals surface area contributed by atoms with Crippen molar-refractivity contribution in [3.63, 3.8) is 0 Å². The van der Waals surface area contributed by atoms with Gasteiger partial charge in [-0.25, -0.2) is 0 Å². The minimum atomic E-state index is 0.109. The first-order chi connectivity index (χ1) is 12.8. The predicted molar refractivity (Wildman–Crippen MR) is 111 cm³/mol. The Morgan fingerprint density at radius 3 is 2.59 bits per heavy atom. The summed E-state index contributed by atoms with van der Waals surface area (Å²) in [6.45, 7) is 12.6. The molecule has 3 saturated carbocycles. The predicted octanol–water partition coefficient (Wildman–Crippen LogP) is 5.70. The van der Waals surface area contributed by atoms with Crippen molar-refractivity contribution >= 4 is 0 Å². The average molecular weight is 375 g/mol. The molecule has 0 spiro atoms. The highest BCUT2D eigenvalue weighted by Gasteiger charge is 2.63. The van der Waals surface area contributed by atoms with E-state index >= 15 is 0 Å². The monoisotopic (exact) mass is 374 g/mol. The Kier molecular flexibility index (Phi) is 5.08. The highest BCUT2D eigenvalue weighted by molar-refractivity contribution is 5.30. The van der Waals surface area contributed by atoms with Crippen LogP contribution in [0.4, 0.5) is 0 Å². The van der Waals surface area contributed by atoms with Crippen LogP contribution in [0.2, 0.25) is 0 Å². The first kappa shape index (κ1) is 20.0. The van der Waals surface area contributed by atoms with Gasteiger partial charge in [0.15, 0.2) is 0 Å². The second-order valence-corrected chi connectivity index (χ2v) is 11.3. The summed E-state index contributed by atoms with van der Waals surface area (Å²) in [4.78, 5) is 0. The molecule has 3 fully saturated rings. The van der Waals surface area contributed by atoms with E-state index in [2.05, 4.69) is 40.7 Å². The maximum atomic E-state index is 9.88. The molecular formula is C25H42O2. The van der Waals surface area contributed by atoms with Crippen LogP contribution in [0.15, 0.2) is 11.6 Å². The highest BCUT2D eigenvalue weighted by atomic mass is 16.5. The van der Waals surface area contributed by atoms with Crippen molar-refractivity contribution in [2.24, 2.45) is 52.3 Å². The Balaban J connectivity index is 1.72. The van der Waals surface area contributed by atoms with Crippen LogP contribution >= 0.6 is 0 Å². The number of ether oxygens (including phenoxy) is 1. The quantitative estimate of drug-likeness (QED) is 0.642. The molecule has 0 unspecified atom stereocenters. The smallest absolute Gasteiger partial charge is 0.0667 e. The number of allylic oxidation sites excluding steroid dienone is 1. The maximum Gasteiger partial charge on any atom is 0.0667 e. The topological polar surface area (TPSA) is 29.5 Å². The van der Waals surface area contributed by atoms with Gasteiger partial charge in [-0.2, -0.15) is 0 Å². The van der Waals surface area contributed by atoms with Gasteiger partial charge >= 0.3 is 0 Å². The Labute approximate surface area is 167 Å². The van der Waals surface area contributed by atoms with E-state index in [1.54, 1.807) is 0 Å². The molecule has 0 saturated heterocycles. The van der Waals surface area contributed by atoms with Crippen LogP contribution in [0, 0.1) is 52.3 Å². The van der Waals surface area contributed by atoms with Gasteiger partial charge in [0.2, 0.25) is 0 Å². The van der Waals surface area contributed by atoms with Gasteiger partial charge in [0, 0.05) is 25.0 Å². The van der Waals surface area contributed by atoms with Crippen LogP contribution in [0.1, 0.15) is 73.1 Å². The van der Waals surface area contributed by atoms with Crippen LogP contribution < -0.4 is 0 Å². The molecule has 0 amide bonds. The van der Waals surface area contributed by atoms with Crippen molar-refractivity contribution in [1.82, 2.24) is 0 Å². The molecule has 4 aliphatic carbocycles. The molecule has 0 aliphatic heterocycles. The van der Waals surface area contributed by atoms with E-state index in [1.807, 2.05) is 7.11 Å². The summed E-state index contributed by atoms with van der Waals surface area (Å²) < 4.78 is 6.24. The van der Waals surface area contributed by atoms with Gasteiger partial charge in [-0.3, -0.25) is 0 Å². The van der Waals surface area contributed by atoms with Gasteiger partial charge in [-0.15, -0.1) is 0 Å². The fourth-order valence-corrected chi connectivity index (χ4v) is 8.59. The second-order valence-electron chi connectivity index (χ2n) is 11.3. The van der Waals surface area contributed by atoms with Crippen LogP contribution in [0.25, 0.3) is 0 Å². The van der Waals surface area contributed by atoms with Crippen molar-refractivity contribution in [1.29, 1.82) is 0 Å². The SMILES string of the molecule is CO[C@@H]1C[C@H]2[C@@H]([C@H](C)C[C@@H]3C[C@H](C)CC[C@@]32C)[C@@H]2CC=C([C@H](C)CO)[C@@]12C. The van der Waals surface area contributed by atoms with Crippen molar-refractivity contribution in [3.8, 4) is 0 Å². The minimum Gasteiger partial charge on any atom is -0.396 e. The molecule has 0 heterocycles. The molecule has 0 aromatic carbocycles. The number of hydrogen-bond donors (Lipinski definition) is 1. The van der Waals surface area contributed by atoms with Crippen molar-refractivity contribution < 1.29 is 9.84 Å². The van der Waals surface area contributed by atoms with E-state index in [1.165, 1.54) is 44.1 Å². The summed E-state index contributed by atoms with van der Waals surface area (Å²) in [5.41, 5.74) is 2.10. The third-order valence-electron chi connectivity index (χ3n) is 10.1. The van der Waals surface area contributed by atoms with Gasteiger partial charge in [-0.1, -0.05) is 52.7 Å². The van der Waals surface area contributed by atoms with E-state index in [4.69, 9.17) is 4.74 Å². The Hall–Kier alpha value is -0.340. The van der Waals surface area contributed by atoms with Gasteiger partial charge in [0.1, 0.15) is 0 Å². The summed E-state index contributed by atoms with van der Waals surface area (Å²) in [6.07, 6.45) is 10.9. The molecule has 0 bridgehead atoms. The number of aliphatic hydroxyl groups excluding tert-OH is 1. The third-order valence-corrected chi connectivity index (χ3v) is 10.1. The Bertz CT molecular complexity index is 597. The fourth-order valence-electron chi connectivity index (χ4n) is 8.59. The maximum absolute atomic E-state index is 9.88. The normalized spacial score (nSPS) is 53.1. The van der Waals surface area contributed by atoms with E-state index in [0.717, 1.165) is 29.6 Å². The first-order valence-electron chi connectivity index (χ1n) is 11.6. The van der Waals surface area contributed by atoms with E-state index in [-0.39, 0.29) is 17.9 Å². The van der Waals surface area contributed by atoms with Gasteiger partial charge in [-0.05, 0) is 73.0 Å². The zero-order chi connectivity index (χ0) is 19.6. The molecule has 2 nitrogen and oxygen atoms in total. The van der Waals surface area contributed by atoms with Crippen molar-refractivity contribution in [2.45, 2.75) is 79.2 Å². The summed E-state index contributed by atoms with van der Waals surface area (Å²) in [5.74, 6) is 5.20. The second kappa shape index (κ2) is 6.87. The minimum absolute atomic E-state index is 0.109. The largest absolute Gasteiger partial charge is 0.396 e. The number of methoxy groups -OCH3 is 1. The van der Waals surface area contributed by atoms with Crippen LogP contribution in [-0.2, 0) is 4.74 Å². The molecule has 27 heavy (non-hydrogen) atoms.